The van der Waals surface area contributed by atoms with Gasteiger partial charge in [0.2, 0.25) is 0 Å². The van der Waals surface area contributed by atoms with Gasteiger partial charge in [-0.1, -0.05) is 114 Å². The summed E-state index contributed by atoms with van der Waals surface area (Å²) in [6.07, 6.45) is 2.17. The van der Waals surface area contributed by atoms with Crippen LogP contribution < -0.4 is 20.1 Å². The molecule has 4 aliphatic rings. The molecule has 0 radical (unpaired) electrons. The summed E-state index contributed by atoms with van der Waals surface area (Å²) in [5.74, 6) is 1.14. The second kappa shape index (κ2) is 16.1. The van der Waals surface area contributed by atoms with Crippen molar-refractivity contribution >= 4 is 124 Å². The Morgan fingerprint density at radius 2 is 1.40 bits per heavy atom. The number of carbonyl (C=O) groups is 2. The summed E-state index contributed by atoms with van der Waals surface area (Å²) in [7, 11) is 1.77. The molecule has 4 aromatic carbocycles. The molecule has 4 unspecified atom stereocenters. The van der Waals surface area contributed by atoms with Crippen molar-refractivity contribution in [2.75, 3.05) is 18.2 Å². The molecule has 4 atom stereocenters. The van der Waals surface area contributed by atoms with E-state index in [0.29, 0.717) is 44.7 Å². The van der Waals surface area contributed by atoms with E-state index in [4.69, 9.17) is 49.9 Å². The van der Waals surface area contributed by atoms with Crippen LogP contribution in [0.1, 0.15) is 47.3 Å². The quantitative estimate of drug-likeness (QED) is 0.117. The molecule has 4 aromatic rings. The predicted octanol–water partition coefficient (Wildman–Crippen LogP) is 9.89. The number of alkyl halides is 1. The van der Waals surface area contributed by atoms with Gasteiger partial charge in [0.05, 0.1) is 0 Å². The highest BCUT2D eigenvalue weighted by molar-refractivity contribution is 14.1. The summed E-state index contributed by atoms with van der Waals surface area (Å²) in [4.78, 5) is 34.5. The summed E-state index contributed by atoms with van der Waals surface area (Å²) in [5, 5.41) is 8.18. The van der Waals surface area contributed by atoms with Gasteiger partial charge in [-0.2, -0.15) is 0 Å². The number of thiocarbonyl (C=S) groups is 1. The van der Waals surface area contributed by atoms with Gasteiger partial charge in [-0.05, 0) is 95.2 Å². The van der Waals surface area contributed by atoms with Crippen molar-refractivity contribution in [1.82, 2.24) is 15.5 Å². The Labute approximate surface area is 352 Å². The molecule has 0 saturated carbocycles. The monoisotopic (exact) mass is 1010 g/mol. The third kappa shape index (κ3) is 7.47. The van der Waals surface area contributed by atoms with Crippen LogP contribution in [0.15, 0.2) is 98.9 Å². The first-order valence-corrected chi connectivity index (χ1v) is 21.9. The molecule has 270 valence electrons. The molecule has 0 bridgehead atoms. The van der Waals surface area contributed by atoms with Crippen molar-refractivity contribution in [3.05, 3.63) is 126 Å². The number of hydrogen-bond donors (Lipinski definition) is 2. The normalized spacial score (nSPS) is 23.9. The fourth-order valence-corrected chi connectivity index (χ4v) is 8.77. The van der Waals surface area contributed by atoms with Crippen LogP contribution in [0.25, 0.3) is 0 Å². The average Bonchev–Trinajstić information content (AvgIpc) is 3.55. The Morgan fingerprint density at radius 3 is 1.90 bits per heavy atom. The highest BCUT2D eigenvalue weighted by atomic mass is 127. The molecule has 8 rings (SSSR count). The van der Waals surface area contributed by atoms with E-state index in [2.05, 4.69) is 65.1 Å². The third-order valence-electron chi connectivity index (χ3n) is 9.10. The molecule has 2 N–H and O–H groups in total. The van der Waals surface area contributed by atoms with Crippen LogP contribution in [0.5, 0.6) is 11.5 Å². The fourth-order valence-electron chi connectivity index (χ4n) is 6.77. The van der Waals surface area contributed by atoms with E-state index in [1.165, 1.54) is 11.8 Å². The standard InChI is InChI=1S/C19H16BrClN2O2S.C17H12BrClN2O2S.CH3I/c1-23-17(24)19(22-18(23)26-2)10-16(11-4-3-5-13(21)8-11)25-15-7-6-12(20)9-14(15)19;18-10-4-5-13-12(7-10)17(15(22)20-16(24)21-17)8-14(23-13)9-2-1-3-11(19)6-9;1-2/h3-9,16H,10H2,1-2H3;1-7,14H,8H2,(H2,20,21,22,24);1H3. The molecule has 0 aromatic heterocycles. The van der Waals surface area contributed by atoms with Gasteiger partial charge in [-0.25, -0.2) is 4.99 Å². The topological polar surface area (TPSA) is 92.3 Å². The Morgan fingerprint density at radius 1 is 0.865 bits per heavy atom. The molecule has 1 fully saturated rings. The molecule has 4 heterocycles. The minimum Gasteiger partial charge on any atom is -0.485 e. The number of fused-ring (bicyclic) bond motifs is 4. The van der Waals surface area contributed by atoms with E-state index < -0.39 is 11.1 Å². The first-order chi connectivity index (χ1) is 24.9. The lowest BCUT2D eigenvalue weighted by Gasteiger charge is -2.38. The van der Waals surface area contributed by atoms with E-state index >= 15 is 0 Å². The van der Waals surface area contributed by atoms with Crippen molar-refractivity contribution in [2.45, 2.75) is 36.1 Å². The maximum Gasteiger partial charge on any atom is 0.261 e. The van der Waals surface area contributed by atoms with E-state index in [-0.39, 0.29) is 24.0 Å². The average molecular weight is 1020 g/mol. The number of thioether (sulfide) groups is 1. The van der Waals surface area contributed by atoms with Crippen LogP contribution in [0.2, 0.25) is 10.0 Å². The molecular formula is C37H31Br2Cl2IN4O4S2. The van der Waals surface area contributed by atoms with Gasteiger partial charge in [-0.3, -0.25) is 14.5 Å². The number of aliphatic imine (C=N–C) groups is 1. The second-order valence-electron chi connectivity index (χ2n) is 12.1. The molecule has 2 amide bonds. The number of amides is 2. The predicted molar refractivity (Wildman–Crippen MR) is 228 cm³/mol. The van der Waals surface area contributed by atoms with E-state index in [9.17, 15) is 9.59 Å². The zero-order valence-electron chi connectivity index (χ0n) is 27.9. The smallest absolute Gasteiger partial charge is 0.261 e. The zero-order valence-corrected chi connectivity index (χ0v) is 36.4. The summed E-state index contributed by atoms with van der Waals surface area (Å²) in [5.41, 5.74) is 1.51. The van der Waals surface area contributed by atoms with Crippen LogP contribution in [0.4, 0.5) is 0 Å². The van der Waals surface area contributed by atoms with E-state index in [1.807, 2.05) is 96.1 Å². The summed E-state index contributed by atoms with van der Waals surface area (Å²) in [6, 6.07) is 26.4. The lowest BCUT2D eigenvalue weighted by atomic mass is 9.80. The molecule has 8 nitrogen and oxygen atoms in total. The van der Waals surface area contributed by atoms with Crippen molar-refractivity contribution in [3.63, 3.8) is 0 Å². The number of carbonyl (C=O) groups excluding carboxylic acids is 2. The van der Waals surface area contributed by atoms with Crippen molar-refractivity contribution in [2.24, 2.45) is 4.99 Å². The number of rotatable bonds is 2. The molecule has 4 aliphatic heterocycles. The number of hydrogen-bond acceptors (Lipinski definition) is 7. The maximum absolute atomic E-state index is 13.3. The SMILES string of the molecule is CI.CSC1=NC2(CC(c3cccc(Cl)c3)Oc3ccc(Br)cc32)C(=O)N1C.O=C1NC(=S)NC12CC(c1cccc(Cl)c1)Oc1ccc(Br)cc12. The summed E-state index contributed by atoms with van der Waals surface area (Å²) >= 11 is 28.0. The van der Waals surface area contributed by atoms with Gasteiger partial charge in [0.15, 0.2) is 21.4 Å². The van der Waals surface area contributed by atoms with Gasteiger partial charge in [0.25, 0.3) is 11.8 Å². The number of amidine groups is 1. The number of halogens is 5. The van der Waals surface area contributed by atoms with Gasteiger partial charge >= 0.3 is 0 Å². The molecular weight excluding hydrogens is 986 g/mol. The summed E-state index contributed by atoms with van der Waals surface area (Å²) < 4.78 is 14.2. The van der Waals surface area contributed by atoms with Crippen LogP contribution >= 0.6 is 102 Å². The molecule has 2 spiro atoms. The molecule has 15 heteroatoms. The van der Waals surface area contributed by atoms with Crippen LogP contribution in [0.3, 0.4) is 0 Å². The Bertz CT molecular complexity index is 2110. The number of nitrogens with one attached hydrogen (secondary N) is 2. The minimum absolute atomic E-state index is 0.0310. The first kappa shape index (κ1) is 39.3. The van der Waals surface area contributed by atoms with Gasteiger partial charge in [-0.15, -0.1) is 0 Å². The molecule has 52 heavy (non-hydrogen) atoms. The first-order valence-electron chi connectivity index (χ1n) is 15.8. The Kier molecular flexibility index (Phi) is 12.2. The number of nitrogens with zero attached hydrogens (tertiary/aromatic N) is 2. The Hall–Kier alpha value is -2.40. The third-order valence-corrected chi connectivity index (χ3v) is 11.5. The van der Waals surface area contributed by atoms with Crippen molar-refractivity contribution in [1.29, 1.82) is 0 Å². The lowest BCUT2D eigenvalue weighted by molar-refractivity contribution is -0.132. The van der Waals surface area contributed by atoms with Gasteiger partial charge in [0, 0.05) is 50.0 Å². The largest absolute Gasteiger partial charge is 0.485 e. The van der Waals surface area contributed by atoms with Crippen LogP contribution in [0, 0.1) is 0 Å². The molecule has 0 aliphatic carbocycles. The van der Waals surface area contributed by atoms with E-state index in [0.717, 1.165) is 31.2 Å². The van der Waals surface area contributed by atoms with Crippen LogP contribution in [-0.4, -0.2) is 45.2 Å². The highest BCUT2D eigenvalue weighted by Gasteiger charge is 2.54. The summed E-state index contributed by atoms with van der Waals surface area (Å²) in [6.45, 7) is 0. The highest BCUT2D eigenvalue weighted by Crippen LogP contribution is 2.51. The number of ether oxygens (including phenoxy) is 2. The van der Waals surface area contributed by atoms with E-state index in [1.54, 1.807) is 11.9 Å². The van der Waals surface area contributed by atoms with Crippen molar-refractivity contribution < 1.29 is 19.1 Å². The van der Waals surface area contributed by atoms with Crippen LogP contribution in [-0.2, 0) is 20.7 Å². The zero-order chi connectivity index (χ0) is 37.4. The minimum atomic E-state index is -0.975. The van der Waals surface area contributed by atoms with Crippen molar-refractivity contribution in [3.8, 4) is 11.5 Å². The Balaban J connectivity index is 0.000000171. The second-order valence-corrected chi connectivity index (χ2v) is 16.0. The lowest BCUT2D eigenvalue weighted by Crippen LogP contribution is -2.48. The maximum atomic E-state index is 13.3. The van der Waals surface area contributed by atoms with Gasteiger partial charge in [0.1, 0.15) is 23.7 Å². The number of benzene rings is 4. The fraction of sp³-hybridized carbons (Fsp3) is 0.243. The molecule has 1 saturated heterocycles. The number of likely N-dealkylation sites (N-methyl/N-ethyl adjacent to an activating group) is 1. The van der Waals surface area contributed by atoms with Gasteiger partial charge < -0.3 is 20.1 Å².